The number of ether oxygens (including phenoxy) is 1. The summed E-state index contributed by atoms with van der Waals surface area (Å²) in [5, 5.41) is 25.9. The molecule has 3 aromatic carbocycles. The van der Waals surface area contributed by atoms with Crippen molar-refractivity contribution < 1.29 is 23.1 Å². The van der Waals surface area contributed by atoms with E-state index in [1.807, 2.05) is 6.92 Å². The van der Waals surface area contributed by atoms with Crippen molar-refractivity contribution in [1.82, 2.24) is 10.6 Å². The van der Waals surface area contributed by atoms with Crippen LogP contribution < -0.4 is 20.3 Å². The number of halogens is 1. The molecule has 0 saturated heterocycles. The molecule has 218 valence electrons. The van der Waals surface area contributed by atoms with E-state index < -0.39 is 23.2 Å². The van der Waals surface area contributed by atoms with Crippen molar-refractivity contribution in [2.45, 2.75) is 38.1 Å². The maximum absolute atomic E-state index is 13.7. The summed E-state index contributed by atoms with van der Waals surface area (Å²) in [6.45, 7) is 2.17. The first kappa shape index (κ1) is 29.2. The highest BCUT2D eigenvalue weighted by Crippen LogP contribution is 2.42. The van der Waals surface area contributed by atoms with Crippen LogP contribution in [-0.4, -0.2) is 38.1 Å². The van der Waals surface area contributed by atoms with Gasteiger partial charge in [0, 0.05) is 36.2 Å². The van der Waals surface area contributed by atoms with Crippen molar-refractivity contribution in [2.24, 2.45) is 0 Å². The number of carbonyl (C=O) groups is 2. The van der Waals surface area contributed by atoms with Gasteiger partial charge in [-0.15, -0.1) is 0 Å². The first-order chi connectivity index (χ1) is 20.8. The van der Waals surface area contributed by atoms with Crippen LogP contribution in [0.15, 0.2) is 59.0 Å². The maximum Gasteiger partial charge on any atom is 0.256 e. The first-order valence-electron chi connectivity index (χ1n) is 14.0. The van der Waals surface area contributed by atoms with Crippen LogP contribution in [0.3, 0.4) is 0 Å². The number of nitrogens with zero attached hydrogens (tertiary/aromatic N) is 3. The molecule has 2 amide bonds. The molecule has 0 bridgehead atoms. The Morgan fingerprint density at radius 2 is 1.74 bits per heavy atom. The number of benzene rings is 3. The van der Waals surface area contributed by atoms with Crippen LogP contribution in [0, 0.1) is 28.6 Å². The van der Waals surface area contributed by atoms with E-state index in [0.29, 0.717) is 58.5 Å². The zero-order valence-corrected chi connectivity index (χ0v) is 24.1. The van der Waals surface area contributed by atoms with Crippen molar-refractivity contribution in [3.8, 4) is 40.5 Å². The smallest absolute Gasteiger partial charge is 0.256 e. The number of amides is 2. The van der Waals surface area contributed by atoms with E-state index in [1.165, 1.54) is 43.3 Å². The quantitative estimate of drug-likeness (QED) is 0.189. The number of nitriles is 2. The lowest BCUT2D eigenvalue weighted by molar-refractivity contribution is 0.0916. The minimum Gasteiger partial charge on any atom is -0.496 e. The summed E-state index contributed by atoms with van der Waals surface area (Å²) in [4.78, 5) is 28.2. The molecular formula is C33H30FN5O4. The lowest BCUT2D eigenvalue weighted by Crippen LogP contribution is -2.45. The highest BCUT2D eigenvalue weighted by Gasteiger charge is 2.36. The van der Waals surface area contributed by atoms with Crippen molar-refractivity contribution >= 4 is 28.5 Å². The van der Waals surface area contributed by atoms with E-state index >= 15 is 0 Å². The molecular weight excluding hydrogens is 549 g/mol. The Bertz CT molecular complexity index is 1790. The fraction of sp³-hybridized carbons (Fsp3) is 0.273. The summed E-state index contributed by atoms with van der Waals surface area (Å²) in [5.41, 5.74) is 2.07. The second kappa shape index (κ2) is 11.9. The van der Waals surface area contributed by atoms with Gasteiger partial charge in [0.05, 0.1) is 30.0 Å². The Kier molecular flexibility index (Phi) is 8.05. The van der Waals surface area contributed by atoms with E-state index in [9.17, 15) is 24.5 Å². The van der Waals surface area contributed by atoms with E-state index in [4.69, 9.17) is 9.15 Å². The molecule has 0 unspecified atom stereocenters. The summed E-state index contributed by atoms with van der Waals surface area (Å²) in [7, 11) is 2.97. The Labute approximate surface area is 248 Å². The van der Waals surface area contributed by atoms with Gasteiger partial charge in [-0.05, 0) is 80.6 Å². The zero-order valence-electron chi connectivity index (χ0n) is 24.1. The Hall–Kier alpha value is -5.35. The second-order valence-electron chi connectivity index (χ2n) is 10.4. The number of carbonyl (C=O) groups excluding carboxylic acids is 2. The summed E-state index contributed by atoms with van der Waals surface area (Å²) >= 11 is 0. The van der Waals surface area contributed by atoms with Crippen LogP contribution in [0.5, 0.6) is 5.75 Å². The third kappa shape index (κ3) is 5.35. The minimum absolute atomic E-state index is 0.235. The van der Waals surface area contributed by atoms with E-state index in [1.54, 1.807) is 30.3 Å². The molecule has 1 fully saturated rings. The average molecular weight is 580 g/mol. The van der Waals surface area contributed by atoms with Crippen molar-refractivity contribution in [1.29, 1.82) is 10.5 Å². The fourth-order valence-electron chi connectivity index (χ4n) is 5.62. The predicted molar refractivity (Wildman–Crippen MR) is 160 cm³/mol. The van der Waals surface area contributed by atoms with Crippen molar-refractivity contribution in [2.75, 3.05) is 25.6 Å². The highest BCUT2D eigenvalue weighted by molar-refractivity contribution is 6.13. The summed E-state index contributed by atoms with van der Waals surface area (Å²) in [6, 6.07) is 16.4. The molecule has 0 radical (unpaired) electrons. The van der Waals surface area contributed by atoms with Crippen LogP contribution in [0.1, 0.15) is 53.3 Å². The Morgan fingerprint density at radius 3 is 2.35 bits per heavy atom. The lowest BCUT2D eigenvalue weighted by atomic mass is 9.95. The molecule has 2 N–H and O–H groups in total. The van der Waals surface area contributed by atoms with Gasteiger partial charge in [0.1, 0.15) is 28.4 Å². The first-order valence-corrected chi connectivity index (χ1v) is 14.0. The monoisotopic (exact) mass is 579 g/mol. The number of rotatable bonds is 8. The number of fused-ring (bicyclic) bond motifs is 1. The van der Waals surface area contributed by atoms with E-state index in [2.05, 4.69) is 22.9 Å². The number of hydrogen-bond donors (Lipinski definition) is 2. The molecule has 1 saturated carbocycles. The molecule has 5 rings (SSSR count). The van der Waals surface area contributed by atoms with Crippen LogP contribution in [0.4, 0.5) is 10.1 Å². The lowest BCUT2D eigenvalue weighted by Gasteiger charge is -2.23. The van der Waals surface area contributed by atoms with Gasteiger partial charge in [0.2, 0.25) is 0 Å². The molecule has 1 heterocycles. The zero-order chi connectivity index (χ0) is 30.7. The predicted octanol–water partition coefficient (Wildman–Crippen LogP) is 6.15. The number of nitrogens with one attached hydrogen (secondary N) is 2. The molecule has 43 heavy (non-hydrogen) atoms. The van der Waals surface area contributed by atoms with Gasteiger partial charge in [-0.25, -0.2) is 4.39 Å². The SMILES string of the molecule is CCN(C#N)c1cc2oc(-c3ccc(F)cc3)c(C(=O)NC)c2cc1-c1ccc(OC)c(C(=O)NC2(C#N)CCCC2)c1. The normalized spacial score (nSPS) is 13.6. The number of methoxy groups -OCH3 is 1. The molecule has 0 spiro atoms. The topological polar surface area (TPSA) is 131 Å². The Morgan fingerprint density at radius 1 is 1.05 bits per heavy atom. The maximum atomic E-state index is 13.7. The van der Waals surface area contributed by atoms with Gasteiger partial charge in [-0.3, -0.25) is 14.5 Å². The summed E-state index contributed by atoms with van der Waals surface area (Å²) in [6.07, 6.45) is 5.05. The second-order valence-corrected chi connectivity index (χ2v) is 10.4. The average Bonchev–Trinajstić information content (AvgIpc) is 3.65. The molecule has 0 atom stereocenters. The van der Waals surface area contributed by atoms with Gasteiger partial charge in [-0.2, -0.15) is 10.5 Å². The van der Waals surface area contributed by atoms with Crippen LogP contribution in [0.2, 0.25) is 0 Å². The molecule has 0 aliphatic heterocycles. The van der Waals surface area contributed by atoms with Crippen LogP contribution in [-0.2, 0) is 0 Å². The van der Waals surface area contributed by atoms with Gasteiger partial charge < -0.3 is 19.8 Å². The van der Waals surface area contributed by atoms with E-state index in [-0.39, 0.29) is 16.9 Å². The van der Waals surface area contributed by atoms with E-state index in [0.717, 1.165) is 12.8 Å². The fourth-order valence-corrected chi connectivity index (χ4v) is 5.62. The molecule has 1 aromatic heterocycles. The highest BCUT2D eigenvalue weighted by atomic mass is 19.1. The van der Waals surface area contributed by atoms with Gasteiger partial charge in [-0.1, -0.05) is 6.07 Å². The molecule has 10 heteroatoms. The van der Waals surface area contributed by atoms with Gasteiger partial charge in [0.15, 0.2) is 6.19 Å². The number of anilines is 1. The van der Waals surface area contributed by atoms with Crippen LogP contribution in [0.25, 0.3) is 33.4 Å². The van der Waals surface area contributed by atoms with Crippen molar-refractivity contribution in [3.05, 3.63) is 71.5 Å². The van der Waals surface area contributed by atoms with Crippen LogP contribution >= 0.6 is 0 Å². The molecule has 9 nitrogen and oxygen atoms in total. The summed E-state index contributed by atoms with van der Waals surface area (Å²) in [5.74, 6) is -0.685. The van der Waals surface area contributed by atoms with Crippen molar-refractivity contribution in [3.63, 3.8) is 0 Å². The largest absolute Gasteiger partial charge is 0.496 e. The molecule has 1 aliphatic rings. The standard InChI is InChI=1S/C33H30FN5O4/c1-4-39(19-36)26-17-28-24(29(32(41)37-2)30(43-28)20-7-10-22(34)11-8-20)16-23(26)21-9-12-27(42-3)25(15-21)31(40)38-33(18-35)13-5-6-14-33/h7-12,15-17H,4-6,13-14H2,1-3H3,(H,37,41)(H,38,40). The van der Waals surface area contributed by atoms with Gasteiger partial charge in [0.25, 0.3) is 11.8 Å². The number of hydrogen-bond acceptors (Lipinski definition) is 7. The van der Waals surface area contributed by atoms with Gasteiger partial charge >= 0.3 is 0 Å². The molecule has 1 aliphatic carbocycles. The Balaban J connectivity index is 1.72. The molecule has 4 aromatic rings. The third-order valence-corrected chi connectivity index (χ3v) is 7.87. The minimum atomic E-state index is -0.933. The number of furan rings is 1. The summed E-state index contributed by atoms with van der Waals surface area (Å²) < 4.78 is 25.4. The third-order valence-electron chi connectivity index (χ3n) is 7.87.